The lowest BCUT2D eigenvalue weighted by Gasteiger charge is -2.37. The van der Waals surface area contributed by atoms with E-state index < -0.39 is 16.4 Å². The lowest BCUT2D eigenvalue weighted by Crippen LogP contribution is -2.29. The highest BCUT2D eigenvalue weighted by Crippen LogP contribution is 2.50. The molecular formula is C28H27N3O4. The average molecular weight is 470 g/mol. The summed E-state index contributed by atoms with van der Waals surface area (Å²) >= 11 is 0. The number of hydrogen-bond donors (Lipinski definition) is 2. The Morgan fingerprint density at radius 1 is 1.20 bits per heavy atom. The van der Waals surface area contributed by atoms with Gasteiger partial charge in [-0.15, -0.1) is 0 Å². The second-order valence-electron chi connectivity index (χ2n) is 8.99. The second kappa shape index (κ2) is 9.25. The van der Waals surface area contributed by atoms with E-state index in [4.69, 9.17) is 4.74 Å². The van der Waals surface area contributed by atoms with Crippen LogP contribution in [0.2, 0.25) is 0 Å². The fraction of sp³-hybridized carbons (Fsp3) is 0.250. The zero-order valence-corrected chi connectivity index (χ0v) is 19.6. The minimum Gasteiger partial charge on any atom is -0.500 e. The van der Waals surface area contributed by atoms with E-state index in [1.54, 1.807) is 19.2 Å². The van der Waals surface area contributed by atoms with Crippen molar-refractivity contribution in [1.82, 2.24) is 0 Å². The highest BCUT2D eigenvalue weighted by Gasteiger charge is 2.37. The van der Waals surface area contributed by atoms with Crippen molar-refractivity contribution in [1.29, 1.82) is 0 Å². The Kier molecular flexibility index (Phi) is 5.99. The molecule has 0 amide bonds. The quantitative estimate of drug-likeness (QED) is 0.184. The van der Waals surface area contributed by atoms with Crippen molar-refractivity contribution in [3.05, 3.63) is 99.1 Å². The molecule has 0 aromatic heterocycles. The van der Waals surface area contributed by atoms with Gasteiger partial charge in [-0.05, 0) is 61.6 Å². The number of rotatable bonds is 6. The molecule has 0 saturated heterocycles. The van der Waals surface area contributed by atoms with Crippen LogP contribution in [0.5, 0.6) is 11.5 Å². The number of benzene rings is 3. The predicted molar refractivity (Wildman–Crippen MR) is 137 cm³/mol. The molecule has 0 fully saturated rings. The van der Waals surface area contributed by atoms with Gasteiger partial charge in [0.1, 0.15) is 0 Å². The van der Waals surface area contributed by atoms with Gasteiger partial charge in [0.2, 0.25) is 5.75 Å². The van der Waals surface area contributed by atoms with Gasteiger partial charge in [0.05, 0.1) is 23.3 Å². The summed E-state index contributed by atoms with van der Waals surface area (Å²) < 4.78 is 5.34. The maximum atomic E-state index is 11.3. The van der Waals surface area contributed by atoms with Gasteiger partial charge in [0.25, 0.3) is 0 Å². The Labute approximate surface area is 203 Å². The highest BCUT2D eigenvalue weighted by molar-refractivity contribution is 5.85. The molecule has 2 aliphatic rings. The van der Waals surface area contributed by atoms with Crippen molar-refractivity contribution in [3.8, 4) is 11.5 Å². The molecule has 1 heterocycles. The summed E-state index contributed by atoms with van der Waals surface area (Å²) in [5.41, 5.74) is 5.83. The third-order valence-corrected chi connectivity index (χ3v) is 6.71. The summed E-state index contributed by atoms with van der Waals surface area (Å²) in [6, 6.07) is 17.7. The van der Waals surface area contributed by atoms with Crippen molar-refractivity contribution in [2.24, 2.45) is 10.9 Å². The molecule has 35 heavy (non-hydrogen) atoms. The van der Waals surface area contributed by atoms with Crippen LogP contribution in [0.1, 0.15) is 47.6 Å². The van der Waals surface area contributed by atoms with Gasteiger partial charge in [-0.2, -0.15) is 0 Å². The van der Waals surface area contributed by atoms with E-state index in [1.807, 2.05) is 12.1 Å². The average Bonchev–Trinajstić information content (AvgIpc) is 3.35. The number of anilines is 1. The number of nitrogens with zero attached hydrogens (tertiary/aromatic N) is 2. The van der Waals surface area contributed by atoms with Crippen LogP contribution in [-0.4, -0.2) is 22.9 Å². The van der Waals surface area contributed by atoms with Gasteiger partial charge in [0.15, 0.2) is 5.75 Å². The zero-order valence-electron chi connectivity index (χ0n) is 19.6. The molecule has 0 unspecified atom stereocenters. The van der Waals surface area contributed by atoms with Crippen LogP contribution in [-0.2, 0) is 0 Å². The number of allylic oxidation sites excluding steroid dienone is 2. The Morgan fingerprint density at radius 3 is 2.74 bits per heavy atom. The molecule has 178 valence electrons. The largest absolute Gasteiger partial charge is 0.500 e. The first kappa shape index (κ1) is 22.7. The summed E-state index contributed by atoms with van der Waals surface area (Å²) in [5.74, 6) is 0.471. The van der Waals surface area contributed by atoms with E-state index in [9.17, 15) is 15.2 Å². The van der Waals surface area contributed by atoms with Gasteiger partial charge in [-0.1, -0.05) is 42.0 Å². The molecule has 7 heteroatoms. The van der Waals surface area contributed by atoms with E-state index in [0.717, 1.165) is 12.1 Å². The maximum absolute atomic E-state index is 11.3. The maximum Gasteiger partial charge on any atom is 0.315 e. The normalized spacial score (nSPS) is 20.3. The lowest BCUT2D eigenvalue weighted by atomic mass is 9.76. The molecule has 1 aliphatic heterocycles. The van der Waals surface area contributed by atoms with Gasteiger partial charge < -0.3 is 15.2 Å². The van der Waals surface area contributed by atoms with Crippen molar-refractivity contribution in [2.45, 2.75) is 32.2 Å². The Balaban J connectivity index is 1.38. The van der Waals surface area contributed by atoms with E-state index in [1.165, 1.54) is 28.4 Å². The summed E-state index contributed by atoms with van der Waals surface area (Å²) in [7, 11) is 0. The smallest absolute Gasteiger partial charge is 0.315 e. The summed E-state index contributed by atoms with van der Waals surface area (Å²) in [6.07, 6.45) is 7.20. The molecular weight excluding hydrogens is 442 g/mol. The van der Waals surface area contributed by atoms with Crippen molar-refractivity contribution < 1.29 is 14.8 Å². The zero-order chi connectivity index (χ0) is 24.5. The van der Waals surface area contributed by atoms with Crippen LogP contribution in [0.15, 0.2) is 71.7 Å². The van der Waals surface area contributed by atoms with E-state index in [2.05, 4.69) is 59.7 Å². The monoisotopic (exact) mass is 469 g/mol. The number of nitrogens with one attached hydrogen (secondary N) is 1. The van der Waals surface area contributed by atoms with Gasteiger partial charge in [-0.25, -0.2) is 0 Å². The number of phenolic OH excluding ortho intramolecular Hbond substituents is 1. The Morgan fingerprint density at radius 2 is 2.00 bits per heavy atom. The van der Waals surface area contributed by atoms with Crippen LogP contribution in [0.3, 0.4) is 0 Å². The third-order valence-electron chi connectivity index (χ3n) is 6.71. The van der Waals surface area contributed by atoms with Gasteiger partial charge in [-0.3, -0.25) is 15.1 Å². The summed E-state index contributed by atoms with van der Waals surface area (Å²) in [4.78, 5) is 15.2. The Hall–Kier alpha value is -4.13. The third kappa shape index (κ3) is 4.37. The topological polar surface area (TPSA) is 97.0 Å². The number of phenols is 1. The molecule has 7 nitrogen and oxygen atoms in total. The molecule has 0 saturated carbocycles. The highest BCUT2D eigenvalue weighted by atomic mass is 16.6. The van der Waals surface area contributed by atoms with E-state index in [-0.39, 0.29) is 18.4 Å². The first-order valence-corrected chi connectivity index (χ1v) is 11.8. The summed E-state index contributed by atoms with van der Waals surface area (Å²) in [6.45, 7) is 4.16. The van der Waals surface area contributed by atoms with Crippen LogP contribution < -0.4 is 10.1 Å². The standard InChI is InChI=1S/C28H27N3O4/c1-3-35-26-15-18(14-25(28(26)32)31(33)34)16-29-20-10-8-19(9-11-20)27-22-6-4-5-21(22)23-13-17(2)7-12-24(23)30-27/h4-5,7-16,21-22,27,30,32H,3,6H2,1-2H3/t21-,22-,27+/m1/s1. The molecule has 0 spiro atoms. The van der Waals surface area contributed by atoms with Crippen molar-refractivity contribution in [2.75, 3.05) is 11.9 Å². The first-order valence-electron chi connectivity index (χ1n) is 11.8. The first-order chi connectivity index (χ1) is 16.9. The van der Waals surface area contributed by atoms with Gasteiger partial charge >= 0.3 is 5.69 Å². The minimum atomic E-state index is -0.633. The number of fused-ring (bicyclic) bond motifs is 3. The molecule has 5 rings (SSSR count). The number of aliphatic imine (C=N–C) groups is 1. The van der Waals surface area contributed by atoms with E-state index in [0.29, 0.717) is 17.4 Å². The molecule has 0 bridgehead atoms. The Bertz CT molecular complexity index is 1330. The number of nitro groups is 1. The molecule has 2 N–H and O–H groups in total. The number of aromatic hydroxyl groups is 1. The fourth-order valence-electron chi connectivity index (χ4n) is 5.05. The predicted octanol–water partition coefficient (Wildman–Crippen LogP) is 6.58. The minimum absolute atomic E-state index is 0.0667. The molecule has 3 aromatic carbocycles. The SMILES string of the molecule is CCOc1cc(C=Nc2ccc([C@@H]3Nc4ccc(C)cc4[C@@H]4C=CC[C@H]43)cc2)cc([N+](=O)[O-])c1O. The van der Waals surface area contributed by atoms with E-state index >= 15 is 0 Å². The summed E-state index contributed by atoms with van der Waals surface area (Å²) in [5, 5.41) is 25.1. The van der Waals surface area contributed by atoms with Crippen LogP contribution in [0.4, 0.5) is 17.1 Å². The number of nitro benzene ring substituents is 1. The lowest BCUT2D eigenvalue weighted by molar-refractivity contribution is -0.386. The molecule has 1 aliphatic carbocycles. The molecule has 3 atom stereocenters. The molecule has 0 radical (unpaired) electrons. The fourth-order valence-corrected chi connectivity index (χ4v) is 5.05. The van der Waals surface area contributed by atoms with Crippen molar-refractivity contribution >= 4 is 23.3 Å². The molecule has 3 aromatic rings. The van der Waals surface area contributed by atoms with Crippen LogP contribution >= 0.6 is 0 Å². The number of ether oxygens (including phenoxy) is 1. The number of aryl methyl sites for hydroxylation is 1. The van der Waals surface area contributed by atoms with Crippen LogP contribution in [0, 0.1) is 23.0 Å². The van der Waals surface area contributed by atoms with Crippen LogP contribution in [0.25, 0.3) is 0 Å². The second-order valence-corrected chi connectivity index (χ2v) is 8.99. The van der Waals surface area contributed by atoms with Crippen molar-refractivity contribution in [3.63, 3.8) is 0 Å². The van der Waals surface area contributed by atoms with Gasteiger partial charge in [0, 0.05) is 29.4 Å². The number of hydrogen-bond acceptors (Lipinski definition) is 6.